The predicted molar refractivity (Wildman–Crippen MR) is 63.1 cm³/mol. The van der Waals surface area contributed by atoms with E-state index in [1.807, 2.05) is 13.0 Å². The molecule has 0 saturated heterocycles. The van der Waals surface area contributed by atoms with E-state index in [0.29, 0.717) is 6.61 Å². The Morgan fingerprint density at radius 1 is 1.33 bits per heavy atom. The molecule has 0 spiro atoms. The Balaban J connectivity index is 2.88. The van der Waals surface area contributed by atoms with E-state index >= 15 is 0 Å². The average Bonchev–Trinajstić information content (AvgIpc) is 2.24. The number of benzene rings is 1. The number of hydrogen-bond acceptors (Lipinski definition) is 2. The van der Waals surface area contributed by atoms with E-state index in [1.165, 1.54) is 11.1 Å². The minimum absolute atomic E-state index is 0.615. The molecule has 0 heterocycles. The van der Waals surface area contributed by atoms with Crippen LogP contribution >= 0.6 is 0 Å². The summed E-state index contributed by atoms with van der Waals surface area (Å²) in [5.74, 6) is 0.764. The van der Waals surface area contributed by atoms with Gasteiger partial charge in [-0.25, -0.2) is 5.48 Å². The van der Waals surface area contributed by atoms with Gasteiger partial charge in [0.05, 0.1) is 6.61 Å². The fraction of sp³-hybridized carbons (Fsp3) is 0.417. The highest BCUT2D eigenvalue weighted by atomic mass is 16.6. The fourth-order valence-electron chi connectivity index (χ4n) is 1.26. The SMILES string of the molecule is CCONC(=NC)c1ccc(C)c(C)c1. The van der Waals surface area contributed by atoms with Crippen molar-refractivity contribution < 1.29 is 4.84 Å². The summed E-state index contributed by atoms with van der Waals surface area (Å²) in [7, 11) is 1.75. The van der Waals surface area contributed by atoms with Gasteiger partial charge in [-0.3, -0.25) is 9.83 Å². The minimum Gasteiger partial charge on any atom is -0.275 e. The first-order valence-corrected chi connectivity index (χ1v) is 5.11. The Morgan fingerprint density at radius 2 is 2.07 bits per heavy atom. The van der Waals surface area contributed by atoms with Crippen LogP contribution in [-0.4, -0.2) is 19.5 Å². The number of rotatable bonds is 3. The lowest BCUT2D eigenvalue weighted by Crippen LogP contribution is -2.24. The van der Waals surface area contributed by atoms with Gasteiger partial charge in [-0.05, 0) is 38.0 Å². The molecule has 3 heteroatoms. The number of nitrogens with one attached hydrogen (secondary N) is 1. The second-order valence-electron chi connectivity index (χ2n) is 3.41. The summed E-state index contributed by atoms with van der Waals surface area (Å²) in [6.45, 7) is 6.73. The zero-order valence-corrected chi connectivity index (χ0v) is 9.79. The molecule has 1 N–H and O–H groups in total. The van der Waals surface area contributed by atoms with Crippen molar-refractivity contribution in [1.82, 2.24) is 5.48 Å². The molecule has 1 aromatic carbocycles. The molecule has 0 saturated carbocycles. The van der Waals surface area contributed by atoms with Crippen LogP contribution in [0.3, 0.4) is 0 Å². The van der Waals surface area contributed by atoms with Crippen molar-refractivity contribution in [2.75, 3.05) is 13.7 Å². The lowest BCUT2D eigenvalue weighted by Gasteiger charge is -2.09. The number of nitrogens with zero attached hydrogens (tertiary/aromatic N) is 1. The highest BCUT2D eigenvalue weighted by Crippen LogP contribution is 2.09. The maximum absolute atomic E-state index is 5.13. The van der Waals surface area contributed by atoms with Crippen molar-refractivity contribution in [1.29, 1.82) is 0 Å². The van der Waals surface area contributed by atoms with Crippen molar-refractivity contribution >= 4 is 5.84 Å². The van der Waals surface area contributed by atoms with Crippen LogP contribution < -0.4 is 5.48 Å². The van der Waals surface area contributed by atoms with Crippen LogP contribution in [0.15, 0.2) is 23.2 Å². The van der Waals surface area contributed by atoms with Gasteiger partial charge in [0, 0.05) is 12.6 Å². The molecule has 0 bridgehead atoms. The predicted octanol–water partition coefficient (Wildman–Crippen LogP) is 2.22. The summed E-state index contributed by atoms with van der Waals surface area (Å²) >= 11 is 0. The second kappa shape index (κ2) is 5.51. The lowest BCUT2D eigenvalue weighted by molar-refractivity contribution is 0.0972. The molecule has 0 unspecified atom stereocenters. The van der Waals surface area contributed by atoms with Gasteiger partial charge in [-0.1, -0.05) is 12.1 Å². The topological polar surface area (TPSA) is 33.6 Å². The maximum Gasteiger partial charge on any atom is 0.152 e. The van der Waals surface area contributed by atoms with Crippen molar-refractivity contribution in [3.63, 3.8) is 0 Å². The first kappa shape index (κ1) is 11.7. The highest BCUT2D eigenvalue weighted by Gasteiger charge is 2.03. The molecule has 0 fully saturated rings. The standard InChI is InChI=1S/C12H18N2O/c1-5-15-14-12(13-4)11-7-6-9(2)10(3)8-11/h6-8H,5H2,1-4H3,(H,13,14). The van der Waals surface area contributed by atoms with Crippen molar-refractivity contribution in [2.24, 2.45) is 4.99 Å². The monoisotopic (exact) mass is 206 g/mol. The van der Waals surface area contributed by atoms with E-state index in [0.717, 1.165) is 11.4 Å². The van der Waals surface area contributed by atoms with Crippen LogP contribution in [0, 0.1) is 13.8 Å². The molecule has 15 heavy (non-hydrogen) atoms. The minimum atomic E-state index is 0.615. The van der Waals surface area contributed by atoms with E-state index in [4.69, 9.17) is 4.84 Å². The van der Waals surface area contributed by atoms with Crippen LogP contribution in [-0.2, 0) is 4.84 Å². The van der Waals surface area contributed by atoms with E-state index in [9.17, 15) is 0 Å². The third-order valence-corrected chi connectivity index (χ3v) is 2.32. The molecule has 0 aliphatic carbocycles. The molecule has 0 atom stereocenters. The van der Waals surface area contributed by atoms with Gasteiger partial charge in [-0.15, -0.1) is 0 Å². The van der Waals surface area contributed by atoms with E-state index in [-0.39, 0.29) is 0 Å². The number of aliphatic imine (C=N–C) groups is 1. The lowest BCUT2D eigenvalue weighted by atomic mass is 10.1. The largest absolute Gasteiger partial charge is 0.275 e. The Hall–Kier alpha value is -1.35. The second-order valence-corrected chi connectivity index (χ2v) is 3.41. The summed E-state index contributed by atoms with van der Waals surface area (Å²) < 4.78 is 0. The Morgan fingerprint density at radius 3 is 2.60 bits per heavy atom. The van der Waals surface area contributed by atoms with Gasteiger partial charge < -0.3 is 0 Å². The Labute approximate surface area is 91.1 Å². The van der Waals surface area contributed by atoms with Crippen LogP contribution in [0.25, 0.3) is 0 Å². The molecule has 0 aromatic heterocycles. The van der Waals surface area contributed by atoms with Crippen LogP contribution in [0.2, 0.25) is 0 Å². The quantitative estimate of drug-likeness (QED) is 0.467. The summed E-state index contributed by atoms with van der Waals surface area (Å²) in [5.41, 5.74) is 6.42. The van der Waals surface area contributed by atoms with Crippen LogP contribution in [0.1, 0.15) is 23.6 Å². The highest BCUT2D eigenvalue weighted by molar-refractivity contribution is 5.98. The summed E-state index contributed by atoms with van der Waals surface area (Å²) in [6.07, 6.45) is 0. The van der Waals surface area contributed by atoms with Crippen LogP contribution in [0.4, 0.5) is 0 Å². The van der Waals surface area contributed by atoms with E-state index in [1.54, 1.807) is 7.05 Å². The summed E-state index contributed by atoms with van der Waals surface area (Å²) in [4.78, 5) is 9.28. The molecule has 0 aliphatic heterocycles. The molecule has 0 amide bonds. The van der Waals surface area contributed by atoms with Gasteiger partial charge in [0.15, 0.2) is 5.84 Å². The van der Waals surface area contributed by atoms with Gasteiger partial charge in [0.25, 0.3) is 0 Å². The van der Waals surface area contributed by atoms with E-state index in [2.05, 4.69) is 36.5 Å². The summed E-state index contributed by atoms with van der Waals surface area (Å²) in [5, 5.41) is 0. The van der Waals surface area contributed by atoms with Crippen molar-refractivity contribution in [3.05, 3.63) is 34.9 Å². The van der Waals surface area contributed by atoms with E-state index < -0.39 is 0 Å². The zero-order valence-electron chi connectivity index (χ0n) is 9.79. The third kappa shape index (κ3) is 3.06. The molecular weight excluding hydrogens is 188 g/mol. The summed E-state index contributed by atoms with van der Waals surface area (Å²) in [6, 6.07) is 6.23. The normalized spacial score (nSPS) is 11.6. The molecular formula is C12H18N2O. The molecule has 3 nitrogen and oxygen atoms in total. The molecule has 0 aliphatic rings. The van der Waals surface area contributed by atoms with Crippen molar-refractivity contribution in [2.45, 2.75) is 20.8 Å². The zero-order chi connectivity index (χ0) is 11.3. The number of hydrogen-bond donors (Lipinski definition) is 1. The molecule has 0 radical (unpaired) electrons. The molecule has 1 rings (SSSR count). The molecule has 1 aromatic rings. The fourth-order valence-corrected chi connectivity index (χ4v) is 1.26. The van der Waals surface area contributed by atoms with Gasteiger partial charge in [-0.2, -0.15) is 0 Å². The van der Waals surface area contributed by atoms with Gasteiger partial charge >= 0.3 is 0 Å². The van der Waals surface area contributed by atoms with Crippen LogP contribution in [0.5, 0.6) is 0 Å². The Bertz CT molecular complexity index is 359. The number of hydroxylamine groups is 1. The smallest absolute Gasteiger partial charge is 0.152 e. The maximum atomic E-state index is 5.13. The van der Waals surface area contributed by atoms with Crippen molar-refractivity contribution in [3.8, 4) is 0 Å². The average molecular weight is 206 g/mol. The first-order chi connectivity index (χ1) is 7.19. The Kier molecular flexibility index (Phi) is 4.31. The number of aryl methyl sites for hydroxylation is 2. The third-order valence-electron chi connectivity index (χ3n) is 2.32. The van der Waals surface area contributed by atoms with Gasteiger partial charge in [0.1, 0.15) is 0 Å². The number of amidine groups is 1. The first-order valence-electron chi connectivity index (χ1n) is 5.11. The van der Waals surface area contributed by atoms with Gasteiger partial charge in [0.2, 0.25) is 0 Å². The molecule has 82 valence electrons.